The minimum atomic E-state index is -0.617. The number of carbonyl (C=O) groups excluding carboxylic acids is 1. The van der Waals surface area contributed by atoms with Crippen LogP contribution in [0.2, 0.25) is 0 Å². The van der Waals surface area contributed by atoms with Gasteiger partial charge in [0.15, 0.2) is 5.60 Å². The molecule has 10 heavy (non-hydrogen) atoms. The molecule has 0 saturated carbocycles. The summed E-state index contributed by atoms with van der Waals surface area (Å²) in [5.41, 5.74) is 0.138. The molecule has 1 aliphatic heterocycles. The van der Waals surface area contributed by atoms with Crippen molar-refractivity contribution in [3.05, 3.63) is 11.3 Å². The highest BCUT2D eigenvalue weighted by Gasteiger charge is 2.37. The largest absolute Gasteiger partial charge is 0.484 e. The molecule has 56 valence electrons. The molecule has 2 heteroatoms. The van der Waals surface area contributed by atoms with Gasteiger partial charge in [-0.15, -0.1) is 0 Å². The summed E-state index contributed by atoms with van der Waals surface area (Å²) in [6.45, 7) is 7.19. The molecule has 0 amide bonds. The van der Waals surface area contributed by atoms with Crippen LogP contribution in [0.25, 0.3) is 0 Å². The van der Waals surface area contributed by atoms with E-state index in [9.17, 15) is 4.79 Å². The summed E-state index contributed by atoms with van der Waals surface area (Å²) in [4.78, 5) is 11.3. The summed E-state index contributed by atoms with van der Waals surface area (Å²) in [6.07, 6.45) is 0. The van der Waals surface area contributed by atoms with Crippen molar-refractivity contribution >= 4 is 5.78 Å². The summed E-state index contributed by atoms with van der Waals surface area (Å²) in [5, 5.41) is 0. The number of Topliss-reactive ketones (excluding diaryl/α,β-unsaturated/α-hetero) is 1. The monoisotopic (exact) mass is 140 g/mol. The van der Waals surface area contributed by atoms with E-state index in [4.69, 9.17) is 4.74 Å². The zero-order valence-corrected chi connectivity index (χ0v) is 6.82. The topological polar surface area (TPSA) is 26.3 Å². The minimum Gasteiger partial charge on any atom is -0.484 e. The molecule has 0 radical (unpaired) electrons. The lowest BCUT2D eigenvalue weighted by molar-refractivity contribution is -0.127. The van der Waals surface area contributed by atoms with E-state index >= 15 is 0 Å². The van der Waals surface area contributed by atoms with Crippen molar-refractivity contribution in [2.24, 2.45) is 0 Å². The maximum absolute atomic E-state index is 11.3. The first-order chi connectivity index (χ1) is 4.45. The van der Waals surface area contributed by atoms with Gasteiger partial charge in [0, 0.05) is 5.57 Å². The van der Waals surface area contributed by atoms with Gasteiger partial charge in [0.1, 0.15) is 5.76 Å². The van der Waals surface area contributed by atoms with Crippen molar-refractivity contribution in [3.63, 3.8) is 0 Å². The first-order valence-corrected chi connectivity index (χ1v) is 3.36. The minimum absolute atomic E-state index is 0.102. The molecule has 0 bridgehead atoms. The van der Waals surface area contributed by atoms with Gasteiger partial charge in [-0.05, 0) is 27.7 Å². The highest BCUT2D eigenvalue weighted by molar-refractivity contribution is 6.03. The Hall–Kier alpha value is -0.790. The number of allylic oxidation sites excluding steroid dienone is 1. The number of hydrogen-bond donors (Lipinski definition) is 0. The van der Waals surface area contributed by atoms with Crippen LogP contribution in [0, 0.1) is 0 Å². The smallest absolute Gasteiger partial charge is 0.204 e. The fourth-order valence-corrected chi connectivity index (χ4v) is 1.12. The maximum Gasteiger partial charge on any atom is 0.204 e. The van der Waals surface area contributed by atoms with E-state index in [1.807, 2.05) is 6.92 Å². The predicted octanol–water partition coefficient (Wildman–Crippen LogP) is 1.66. The third-order valence-corrected chi connectivity index (χ3v) is 1.82. The zero-order chi connectivity index (χ0) is 7.94. The van der Waals surface area contributed by atoms with Crippen LogP contribution in [-0.4, -0.2) is 11.4 Å². The second kappa shape index (κ2) is 1.84. The lowest BCUT2D eigenvalue weighted by atomic mass is 10.0. The second-order valence-corrected chi connectivity index (χ2v) is 3.12. The third-order valence-electron chi connectivity index (χ3n) is 1.82. The first-order valence-electron chi connectivity index (χ1n) is 3.36. The summed E-state index contributed by atoms with van der Waals surface area (Å²) >= 11 is 0. The molecule has 1 aliphatic rings. The molecule has 0 atom stereocenters. The van der Waals surface area contributed by atoms with Crippen LogP contribution in [0.3, 0.4) is 0 Å². The Morgan fingerprint density at radius 2 is 1.80 bits per heavy atom. The zero-order valence-electron chi connectivity index (χ0n) is 6.82. The Balaban J connectivity index is 2.99. The molecule has 0 saturated heterocycles. The van der Waals surface area contributed by atoms with Gasteiger partial charge in [0.05, 0.1) is 0 Å². The standard InChI is InChI=1S/C8H12O2/c1-5-6(2)10-8(3,4)7(5)9/h1-4H3. The molecule has 0 N–H and O–H groups in total. The van der Waals surface area contributed by atoms with Crippen molar-refractivity contribution in [1.82, 2.24) is 0 Å². The van der Waals surface area contributed by atoms with Crippen LogP contribution in [-0.2, 0) is 9.53 Å². The van der Waals surface area contributed by atoms with Gasteiger partial charge in [0.2, 0.25) is 5.78 Å². The molecule has 1 heterocycles. The van der Waals surface area contributed by atoms with Gasteiger partial charge in [0.25, 0.3) is 0 Å². The van der Waals surface area contributed by atoms with E-state index in [1.165, 1.54) is 0 Å². The van der Waals surface area contributed by atoms with Crippen LogP contribution in [0.4, 0.5) is 0 Å². The molecule has 0 aliphatic carbocycles. The molecular formula is C8H12O2. The molecule has 2 nitrogen and oxygen atoms in total. The lowest BCUT2D eigenvalue weighted by Crippen LogP contribution is -2.28. The van der Waals surface area contributed by atoms with Crippen LogP contribution in [0.15, 0.2) is 11.3 Å². The number of carbonyl (C=O) groups is 1. The normalized spacial score (nSPS) is 23.4. The van der Waals surface area contributed by atoms with Gasteiger partial charge in [-0.25, -0.2) is 0 Å². The molecular weight excluding hydrogens is 128 g/mol. The molecule has 0 aromatic carbocycles. The average molecular weight is 140 g/mol. The second-order valence-electron chi connectivity index (χ2n) is 3.12. The fourth-order valence-electron chi connectivity index (χ4n) is 1.12. The molecule has 0 aromatic heterocycles. The maximum atomic E-state index is 11.3. The number of rotatable bonds is 0. The lowest BCUT2D eigenvalue weighted by Gasteiger charge is -2.16. The molecule has 0 aromatic rings. The number of ether oxygens (including phenoxy) is 1. The quantitative estimate of drug-likeness (QED) is 0.511. The molecule has 0 unspecified atom stereocenters. The Labute approximate surface area is 60.9 Å². The van der Waals surface area contributed by atoms with E-state index < -0.39 is 5.60 Å². The molecule has 0 spiro atoms. The summed E-state index contributed by atoms with van der Waals surface area (Å²) < 4.78 is 5.30. The Morgan fingerprint density at radius 3 is 1.90 bits per heavy atom. The molecule has 0 fully saturated rings. The van der Waals surface area contributed by atoms with Gasteiger partial charge in [-0.2, -0.15) is 0 Å². The van der Waals surface area contributed by atoms with Crippen molar-refractivity contribution in [2.75, 3.05) is 0 Å². The average Bonchev–Trinajstić information content (AvgIpc) is 1.95. The van der Waals surface area contributed by atoms with E-state index in [2.05, 4.69) is 0 Å². The molecule has 1 rings (SSSR count). The van der Waals surface area contributed by atoms with Crippen LogP contribution >= 0.6 is 0 Å². The van der Waals surface area contributed by atoms with Gasteiger partial charge in [-0.3, -0.25) is 4.79 Å². The van der Waals surface area contributed by atoms with Crippen molar-refractivity contribution in [3.8, 4) is 0 Å². The van der Waals surface area contributed by atoms with Crippen LogP contribution in [0.5, 0.6) is 0 Å². The third kappa shape index (κ3) is 0.838. The Bertz CT molecular complexity index is 211. The summed E-state index contributed by atoms with van der Waals surface area (Å²) in [5.74, 6) is 0.861. The van der Waals surface area contributed by atoms with Gasteiger partial charge >= 0.3 is 0 Å². The number of ketones is 1. The van der Waals surface area contributed by atoms with Crippen LogP contribution < -0.4 is 0 Å². The first kappa shape index (κ1) is 7.32. The van der Waals surface area contributed by atoms with Gasteiger partial charge < -0.3 is 4.74 Å². The predicted molar refractivity (Wildman–Crippen MR) is 38.5 cm³/mol. The van der Waals surface area contributed by atoms with Crippen molar-refractivity contribution in [2.45, 2.75) is 33.3 Å². The van der Waals surface area contributed by atoms with E-state index in [1.54, 1.807) is 20.8 Å². The van der Waals surface area contributed by atoms with Crippen molar-refractivity contribution < 1.29 is 9.53 Å². The SMILES string of the molecule is CC1=C(C)C(=O)C(C)(C)O1. The summed E-state index contributed by atoms with van der Waals surface area (Å²) in [6, 6.07) is 0. The van der Waals surface area contributed by atoms with Gasteiger partial charge in [-0.1, -0.05) is 0 Å². The highest BCUT2D eigenvalue weighted by Crippen LogP contribution is 2.28. The van der Waals surface area contributed by atoms with E-state index in [0.29, 0.717) is 0 Å². The van der Waals surface area contributed by atoms with E-state index in [0.717, 1.165) is 11.3 Å². The number of hydrogen-bond acceptors (Lipinski definition) is 2. The Kier molecular flexibility index (Phi) is 1.35. The van der Waals surface area contributed by atoms with E-state index in [-0.39, 0.29) is 5.78 Å². The van der Waals surface area contributed by atoms with Crippen molar-refractivity contribution in [1.29, 1.82) is 0 Å². The van der Waals surface area contributed by atoms with Crippen LogP contribution in [0.1, 0.15) is 27.7 Å². The highest BCUT2D eigenvalue weighted by atomic mass is 16.5. The summed E-state index contributed by atoms with van der Waals surface area (Å²) in [7, 11) is 0. The Morgan fingerprint density at radius 1 is 1.30 bits per heavy atom. The fraction of sp³-hybridized carbons (Fsp3) is 0.625.